The van der Waals surface area contributed by atoms with Crippen LogP contribution in [0.4, 0.5) is 5.82 Å². The summed E-state index contributed by atoms with van der Waals surface area (Å²) in [6.07, 6.45) is 4.43. The summed E-state index contributed by atoms with van der Waals surface area (Å²) in [5, 5.41) is 13.9. The van der Waals surface area contributed by atoms with E-state index in [1.165, 1.54) is 0 Å². The number of β-amino-alcohol motifs (C(OH)–C–C–N with tert-alkyl or cyclic N) is 1. The number of carbonyl (C=O) groups is 2. The summed E-state index contributed by atoms with van der Waals surface area (Å²) in [6, 6.07) is 3.76. The van der Waals surface area contributed by atoms with Crippen molar-refractivity contribution in [2.24, 2.45) is 0 Å². The molecule has 9 heteroatoms. The van der Waals surface area contributed by atoms with E-state index < -0.39 is 6.10 Å². The van der Waals surface area contributed by atoms with Gasteiger partial charge in [-0.3, -0.25) is 14.5 Å². The van der Waals surface area contributed by atoms with E-state index in [-0.39, 0.29) is 17.7 Å². The van der Waals surface area contributed by atoms with Crippen molar-refractivity contribution in [3.63, 3.8) is 0 Å². The lowest BCUT2D eigenvalue weighted by molar-refractivity contribution is -0.129. The number of piperidine rings is 1. The van der Waals surface area contributed by atoms with Gasteiger partial charge in [-0.2, -0.15) is 0 Å². The van der Waals surface area contributed by atoms with Gasteiger partial charge in [0.05, 0.1) is 17.5 Å². The molecule has 4 rings (SSSR count). The summed E-state index contributed by atoms with van der Waals surface area (Å²) in [5.41, 5.74) is 2.86. The molecule has 1 amide bonds. The van der Waals surface area contributed by atoms with Crippen LogP contribution >= 0.6 is 0 Å². The minimum atomic E-state index is -0.551. The van der Waals surface area contributed by atoms with Crippen molar-refractivity contribution in [2.45, 2.75) is 64.6 Å². The molecule has 2 aliphatic rings. The number of rotatable bonds is 8. The first-order chi connectivity index (χ1) is 15.9. The second kappa shape index (κ2) is 10.4. The summed E-state index contributed by atoms with van der Waals surface area (Å²) in [6.45, 7) is 7.21. The number of hydrogen-bond acceptors (Lipinski definition) is 7. The fourth-order valence-corrected chi connectivity index (χ4v) is 4.71. The highest BCUT2D eigenvalue weighted by molar-refractivity contribution is 5.96. The van der Waals surface area contributed by atoms with Crippen LogP contribution in [0.1, 0.15) is 60.2 Å². The van der Waals surface area contributed by atoms with Crippen LogP contribution in [0.2, 0.25) is 0 Å². The molecule has 0 aromatic carbocycles. The molecule has 1 atom stereocenters. The van der Waals surface area contributed by atoms with Crippen LogP contribution in [0.3, 0.4) is 0 Å². The number of pyridine rings is 1. The molecule has 0 radical (unpaired) electrons. The van der Waals surface area contributed by atoms with Gasteiger partial charge in [-0.25, -0.2) is 9.97 Å². The van der Waals surface area contributed by atoms with Gasteiger partial charge in [0.2, 0.25) is 5.91 Å². The zero-order valence-corrected chi connectivity index (χ0v) is 19.5. The minimum Gasteiger partial charge on any atom is -0.392 e. The maximum atomic E-state index is 12.7. The molecule has 3 N–H and O–H groups in total. The average molecular weight is 455 g/mol. The van der Waals surface area contributed by atoms with Gasteiger partial charge in [-0.05, 0) is 38.3 Å². The number of amides is 1. The predicted molar refractivity (Wildman–Crippen MR) is 125 cm³/mol. The lowest BCUT2D eigenvalue weighted by Gasteiger charge is -2.32. The molecule has 0 spiro atoms. The number of imidazole rings is 1. The molecule has 9 nitrogen and oxygen atoms in total. The molecule has 1 fully saturated rings. The number of aromatic amines is 1. The van der Waals surface area contributed by atoms with Crippen LogP contribution < -0.4 is 5.32 Å². The SMILES string of the molecule is CC(=O)N1CCC(Nc2cc(C(=O)CC[C@H](O)CN3CCc4nc(C)[nH]c4C3)ccn2)CC1. The van der Waals surface area contributed by atoms with Crippen LogP contribution in [-0.4, -0.2) is 79.9 Å². The monoisotopic (exact) mass is 454 g/mol. The van der Waals surface area contributed by atoms with Gasteiger partial charge in [0.25, 0.3) is 0 Å². The molecule has 178 valence electrons. The Morgan fingerprint density at radius 2 is 2.09 bits per heavy atom. The van der Waals surface area contributed by atoms with Crippen molar-refractivity contribution in [2.75, 3.05) is 31.5 Å². The van der Waals surface area contributed by atoms with Crippen molar-refractivity contribution >= 4 is 17.5 Å². The number of aliphatic hydroxyl groups is 1. The number of ketones is 1. The van der Waals surface area contributed by atoms with E-state index in [2.05, 4.69) is 25.2 Å². The number of Topliss-reactive ketones (excluding diaryl/α,β-unsaturated/α-hetero) is 1. The number of nitrogens with zero attached hydrogens (tertiary/aromatic N) is 4. The summed E-state index contributed by atoms with van der Waals surface area (Å²) in [4.78, 5) is 40.4. The Morgan fingerprint density at radius 1 is 1.30 bits per heavy atom. The number of fused-ring (bicyclic) bond motifs is 1. The molecule has 0 bridgehead atoms. The Balaban J connectivity index is 1.23. The number of aromatic nitrogens is 3. The quantitative estimate of drug-likeness (QED) is 0.522. The summed E-state index contributed by atoms with van der Waals surface area (Å²) in [7, 11) is 0. The molecule has 0 unspecified atom stereocenters. The third-order valence-corrected chi connectivity index (χ3v) is 6.58. The van der Waals surface area contributed by atoms with Gasteiger partial charge in [0.15, 0.2) is 5.78 Å². The van der Waals surface area contributed by atoms with Crippen LogP contribution in [0.5, 0.6) is 0 Å². The first-order valence-corrected chi connectivity index (χ1v) is 11.8. The lowest BCUT2D eigenvalue weighted by atomic mass is 10.0. The lowest BCUT2D eigenvalue weighted by Crippen LogP contribution is -2.41. The van der Waals surface area contributed by atoms with E-state index in [1.54, 1.807) is 25.3 Å². The van der Waals surface area contributed by atoms with Gasteiger partial charge in [0.1, 0.15) is 11.6 Å². The topological polar surface area (TPSA) is 114 Å². The summed E-state index contributed by atoms with van der Waals surface area (Å²) < 4.78 is 0. The molecule has 2 aliphatic heterocycles. The largest absolute Gasteiger partial charge is 0.392 e. The number of aryl methyl sites for hydroxylation is 1. The van der Waals surface area contributed by atoms with Crippen LogP contribution in [0.15, 0.2) is 18.3 Å². The number of carbonyl (C=O) groups excluding carboxylic acids is 2. The molecule has 1 saturated heterocycles. The maximum absolute atomic E-state index is 12.7. The Morgan fingerprint density at radius 3 is 2.85 bits per heavy atom. The number of likely N-dealkylation sites (tertiary alicyclic amines) is 1. The van der Waals surface area contributed by atoms with Gasteiger partial charge in [0, 0.05) is 70.3 Å². The van der Waals surface area contributed by atoms with Crippen molar-refractivity contribution in [3.8, 4) is 0 Å². The second-order valence-electron chi connectivity index (χ2n) is 9.20. The normalized spacial score (nSPS) is 18.1. The van der Waals surface area contributed by atoms with Crippen molar-refractivity contribution in [1.82, 2.24) is 24.8 Å². The Kier molecular flexibility index (Phi) is 7.39. The molecule has 2 aromatic rings. The van der Waals surface area contributed by atoms with E-state index in [4.69, 9.17) is 0 Å². The Labute approximate surface area is 194 Å². The fourth-order valence-electron chi connectivity index (χ4n) is 4.71. The Hall–Kier alpha value is -2.78. The molecule has 4 heterocycles. The summed E-state index contributed by atoms with van der Waals surface area (Å²) in [5.74, 6) is 1.74. The average Bonchev–Trinajstić information content (AvgIpc) is 3.17. The van der Waals surface area contributed by atoms with Crippen molar-refractivity contribution < 1.29 is 14.7 Å². The molecule has 33 heavy (non-hydrogen) atoms. The second-order valence-corrected chi connectivity index (χ2v) is 9.20. The first kappa shape index (κ1) is 23.4. The van der Waals surface area contributed by atoms with E-state index in [0.29, 0.717) is 30.8 Å². The number of H-pyrrole nitrogens is 1. The van der Waals surface area contributed by atoms with Crippen LogP contribution in [-0.2, 0) is 17.8 Å². The van der Waals surface area contributed by atoms with E-state index >= 15 is 0 Å². The smallest absolute Gasteiger partial charge is 0.219 e. The fraction of sp³-hybridized carbons (Fsp3) is 0.583. The number of nitrogens with one attached hydrogen (secondary N) is 2. The predicted octanol–water partition coefficient (Wildman–Crippen LogP) is 1.92. The standard InChI is InChI=1S/C24H34N6O3/c1-16-26-21-8-10-29(15-22(21)27-16)14-20(32)3-4-23(33)18-5-9-25-24(13-18)28-19-6-11-30(12-7-19)17(2)31/h5,9,13,19-20,32H,3-4,6-8,10-12,14-15H2,1-2H3,(H,25,28)(H,26,27)/t20-/m0/s1. The highest BCUT2D eigenvalue weighted by atomic mass is 16.3. The number of anilines is 1. The highest BCUT2D eigenvalue weighted by Crippen LogP contribution is 2.19. The third kappa shape index (κ3) is 6.17. The van der Waals surface area contributed by atoms with E-state index in [9.17, 15) is 14.7 Å². The van der Waals surface area contributed by atoms with E-state index in [0.717, 1.165) is 62.7 Å². The van der Waals surface area contributed by atoms with Gasteiger partial charge >= 0.3 is 0 Å². The van der Waals surface area contributed by atoms with Gasteiger partial charge in [-0.1, -0.05) is 0 Å². The van der Waals surface area contributed by atoms with Crippen molar-refractivity contribution in [1.29, 1.82) is 0 Å². The molecule has 2 aromatic heterocycles. The Bertz CT molecular complexity index is 982. The van der Waals surface area contributed by atoms with E-state index in [1.807, 2.05) is 11.8 Å². The maximum Gasteiger partial charge on any atom is 0.219 e. The molecular formula is C24H34N6O3. The summed E-state index contributed by atoms with van der Waals surface area (Å²) >= 11 is 0. The molecule has 0 saturated carbocycles. The van der Waals surface area contributed by atoms with Crippen molar-refractivity contribution in [3.05, 3.63) is 41.1 Å². The number of hydrogen-bond donors (Lipinski definition) is 3. The van der Waals surface area contributed by atoms with Gasteiger partial charge in [-0.15, -0.1) is 0 Å². The van der Waals surface area contributed by atoms with Gasteiger partial charge < -0.3 is 20.3 Å². The zero-order valence-electron chi connectivity index (χ0n) is 19.5. The highest BCUT2D eigenvalue weighted by Gasteiger charge is 2.23. The van der Waals surface area contributed by atoms with Crippen LogP contribution in [0, 0.1) is 6.92 Å². The van der Waals surface area contributed by atoms with Crippen LogP contribution in [0.25, 0.3) is 0 Å². The molecular weight excluding hydrogens is 420 g/mol. The first-order valence-electron chi connectivity index (χ1n) is 11.8. The molecule has 0 aliphatic carbocycles. The zero-order chi connectivity index (χ0) is 23.4. The number of aliphatic hydroxyl groups excluding tert-OH is 1. The third-order valence-electron chi connectivity index (χ3n) is 6.58. The minimum absolute atomic E-state index is 0.0102.